The average molecular weight is 373 g/mol. The van der Waals surface area contributed by atoms with Gasteiger partial charge in [-0.25, -0.2) is 9.18 Å². The molecule has 3 N–H and O–H groups in total. The third kappa shape index (κ3) is 4.19. The van der Waals surface area contributed by atoms with Crippen LogP contribution in [0.15, 0.2) is 24.3 Å². The highest BCUT2D eigenvalue weighted by molar-refractivity contribution is 6.00. The number of likely N-dealkylation sites (tertiary alicyclic amines) is 1. The quantitative estimate of drug-likeness (QED) is 0.752. The number of amides is 1. The van der Waals surface area contributed by atoms with Gasteiger partial charge in [-0.3, -0.25) is 9.69 Å². The van der Waals surface area contributed by atoms with Crippen molar-refractivity contribution in [1.82, 2.24) is 15.2 Å². The Labute approximate surface area is 157 Å². The molecule has 2 heterocycles. The van der Waals surface area contributed by atoms with E-state index in [1.807, 2.05) is 6.07 Å². The number of aromatic amines is 1. The van der Waals surface area contributed by atoms with Crippen molar-refractivity contribution in [2.75, 3.05) is 13.1 Å². The Bertz CT molecular complexity index is 862. The van der Waals surface area contributed by atoms with E-state index in [0.717, 1.165) is 19.4 Å². The minimum atomic E-state index is -1.08. The van der Waals surface area contributed by atoms with Crippen LogP contribution in [0.4, 0.5) is 4.39 Å². The molecule has 27 heavy (non-hydrogen) atoms. The molecule has 144 valence electrons. The molecule has 1 aliphatic rings. The molecule has 1 atom stereocenters. The van der Waals surface area contributed by atoms with Gasteiger partial charge >= 0.3 is 5.97 Å². The van der Waals surface area contributed by atoms with Crippen molar-refractivity contribution in [3.05, 3.63) is 58.2 Å². The number of H-pyrrole nitrogens is 1. The maximum absolute atomic E-state index is 13.9. The number of benzene rings is 1. The number of rotatable bonds is 5. The van der Waals surface area contributed by atoms with Crippen molar-refractivity contribution in [2.24, 2.45) is 0 Å². The third-order valence-corrected chi connectivity index (χ3v) is 5.07. The average Bonchev–Trinajstić information content (AvgIpc) is 2.92. The normalized spacial score (nSPS) is 17.7. The van der Waals surface area contributed by atoms with Gasteiger partial charge in [0.2, 0.25) is 0 Å². The van der Waals surface area contributed by atoms with Crippen LogP contribution in [0.1, 0.15) is 50.5 Å². The summed E-state index contributed by atoms with van der Waals surface area (Å²) in [5.41, 5.74) is 2.06. The van der Waals surface area contributed by atoms with Gasteiger partial charge in [0.15, 0.2) is 0 Å². The number of carboxylic acid groups (broad SMARTS) is 1. The lowest BCUT2D eigenvalue weighted by Crippen LogP contribution is -2.47. The number of carbonyl (C=O) groups excluding carboxylic acids is 1. The molecule has 7 heteroatoms. The maximum Gasteiger partial charge on any atom is 0.352 e. The van der Waals surface area contributed by atoms with Crippen LogP contribution in [0.2, 0.25) is 0 Å². The van der Waals surface area contributed by atoms with Crippen molar-refractivity contribution in [2.45, 2.75) is 39.3 Å². The summed E-state index contributed by atoms with van der Waals surface area (Å²) in [6, 6.07) is 6.66. The van der Waals surface area contributed by atoms with E-state index in [1.165, 1.54) is 6.07 Å². The topological polar surface area (TPSA) is 85.4 Å². The van der Waals surface area contributed by atoms with Gasteiger partial charge in [0.05, 0.1) is 5.56 Å². The highest BCUT2D eigenvalue weighted by atomic mass is 19.1. The number of halogens is 1. The van der Waals surface area contributed by atoms with Crippen LogP contribution >= 0.6 is 0 Å². The second-order valence-corrected chi connectivity index (χ2v) is 7.07. The number of aryl methyl sites for hydroxylation is 1. The molecule has 1 aliphatic heterocycles. The Morgan fingerprint density at radius 3 is 2.74 bits per heavy atom. The van der Waals surface area contributed by atoms with Crippen LogP contribution in [-0.2, 0) is 6.54 Å². The summed E-state index contributed by atoms with van der Waals surface area (Å²) in [5.74, 6) is -1.57. The zero-order valence-corrected chi connectivity index (χ0v) is 15.5. The Morgan fingerprint density at radius 2 is 2.07 bits per heavy atom. The van der Waals surface area contributed by atoms with Gasteiger partial charge in [-0.05, 0) is 44.9 Å². The van der Waals surface area contributed by atoms with Gasteiger partial charge < -0.3 is 15.4 Å². The van der Waals surface area contributed by atoms with E-state index in [-0.39, 0.29) is 23.5 Å². The van der Waals surface area contributed by atoms with Crippen LogP contribution < -0.4 is 5.32 Å². The van der Waals surface area contributed by atoms with E-state index >= 15 is 0 Å². The number of carbonyl (C=O) groups is 2. The minimum Gasteiger partial charge on any atom is -0.477 e. The molecule has 1 aromatic heterocycles. The maximum atomic E-state index is 13.9. The van der Waals surface area contributed by atoms with Crippen LogP contribution in [0.5, 0.6) is 0 Å². The summed E-state index contributed by atoms with van der Waals surface area (Å²) in [6.07, 6.45) is 1.75. The summed E-state index contributed by atoms with van der Waals surface area (Å²) >= 11 is 0. The molecular weight excluding hydrogens is 349 g/mol. The van der Waals surface area contributed by atoms with Gasteiger partial charge in [-0.2, -0.15) is 0 Å². The van der Waals surface area contributed by atoms with Crippen molar-refractivity contribution >= 4 is 11.9 Å². The summed E-state index contributed by atoms with van der Waals surface area (Å²) in [5, 5.41) is 12.2. The lowest BCUT2D eigenvalue weighted by atomic mass is 10.0. The molecule has 1 fully saturated rings. The smallest absolute Gasteiger partial charge is 0.352 e. The minimum absolute atomic E-state index is 0.0440. The number of carboxylic acids is 1. The number of aromatic carboxylic acids is 1. The standard InChI is InChI=1S/C20H24FN3O3/c1-12-17(13(2)22-18(12)20(26)27)19(25)23-15-7-5-9-24(11-15)10-14-6-3-4-8-16(14)21/h3-4,6,8,15,22H,5,7,9-11H2,1-2H3,(H,23,25)(H,26,27)/t15-/m0/s1. The first-order chi connectivity index (χ1) is 12.9. The third-order valence-electron chi connectivity index (χ3n) is 5.07. The molecule has 0 unspecified atom stereocenters. The number of aromatic nitrogens is 1. The van der Waals surface area contributed by atoms with E-state index in [2.05, 4.69) is 15.2 Å². The molecule has 0 spiro atoms. The lowest BCUT2D eigenvalue weighted by Gasteiger charge is -2.33. The number of piperidine rings is 1. The molecule has 0 radical (unpaired) electrons. The highest BCUT2D eigenvalue weighted by Gasteiger charge is 2.26. The van der Waals surface area contributed by atoms with Crippen LogP contribution in [0.25, 0.3) is 0 Å². The summed E-state index contributed by atoms with van der Waals surface area (Å²) < 4.78 is 13.9. The molecule has 0 aliphatic carbocycles. The molecule has 3 rings (SSSR count). The molecule has 6 nitrogen and oxygen atoms in total. The monoisotopic (exact) mass is 373 g/mol. The number of nitrogens with zero attached hydrogens (tertiary/aromatic N) is 1. The predicted molar refractivity (Wildman–Crippen MR) is 99.4 cm³/mol. The Balaban J connectivity index is 1.66. The highest BCUT2D eigenvalue weighted by Crippen LogP contribution is 2.20. The van der Waals surface area contributed by atoms with E-state index in [4.69, 9.17) is 0 Å². The van der Waals surface area contributed by atoms with Gasteiger partial charge in [0.1, 0.15) is 11.5 Å². The predicted octanol–water partition coefficient (Wildman–Crippen LogP) is 2.86. The van der Waals surface area contributed by atoms with Crippen LogP contribution in [-0.4, -0.2) is 46.0 Å². The Morgan fingerprint density at radius 1 is 1.33 bits per heavy atom. The van der Waals surface area contributed by atoms with Gasteiger partial charge in [-0.1, -0.05) is 18.2 Å². The van der Waals surface area contributed by atoms with E-state index in [9.17, 15) is 19.1 Å². The van der Waals surface area contributed by atoms with Crippen LogP contribution in [0, 0.1) is 19.7 Å². The fraction of sp³-hybridized carbons (Fsp3) is 0.400. The zero-order valence-electron chi connectivity index (χ0n) is 15.5. The van der Waals surface area contributed by atoms with Crippen molar-refractivity contribution in [3.8, 4) is 0 Å². The summed E-state index contributed by atoms with van der Waals surface area (Å²) in [7, 11) is 0. The first-order valence-corrected chi connectivity index (χ1v) is 9.06. The number of nitrogens with one attached hydrogen (secondary N) is 2. The molecule has 0 saturated carbocycles. The van der Waals surface area contributed by atoms with E-state index < -0.39 is 5.97 Å². The fourth-order valence-electron chi connectivity index (χ4n) is 3.75. The summed E-state index contributed by atoms with van der Waals surface area (Å²) in [4.78, 5) is 28.8. The van der Waals surface area contributed by atoms with Gasteiger partial charge in [0.25, 0.3) is 5.91 Å². The molecule has 0 bridgehead atoms. The SMILES string of the molecule is Cc1[nH]c(C(=O)O)c(C)c1C(=O)N[C@H]1CCCN(Cc2ccccc2F)C1. The Hall–Kier alpha value is -2.67. The number of hydrogen-bond acceptors (Lipinski definition) is 3. The van der Waals surface area contributed by atoms with Gasteiger partial charge in [-0.15, -0.1) is 0 Å². The largest absolute Gasteiger partial charge is 0.477 e. The second kappa shape index (κ2) is 7.92. The van der Waals surface area contributed by atoms with Crippen molar-refractivity contribution in [3.63, 3.8) is 0 Å². The first kappa shape index (κ1) is 19.1. The lowest BCUT2D eigenvalue weighted by molar-refractivity contribution is 0.0690. The zero-order chi connectivity index (χ0) is 19.6. The van der Waals surface area contributed by atoms with E-state index in [0.29, 0.717) is 35.5 Å². The van der Waals surface area contributed by atoms with Crippen LogP contribution in [0.3, 0.4) is 0 Å². The molecule has 1 saturated heterocycles. The molecule has 1 amide bonds. The fourth-order valence-corrected chi connectivity index (χ4v) is 3.75. The molecular formula is C20H24FN3O3. The second-order valence-electron chi connectivity index (χ2n) is 7.07. The first-order valence-electron chi connectivity index (χ1n) is 9.06. The summed E-state index contributed by atoms with van der Waals surface area (Å²) in [6.45, 7) is 5.32. The molecule has 1 aromatic carbocycles. The number of hydrogen-bond donors (Lipinski definition) is 3. The van der Waals surface area contributed by atoms with Crippen molar-refractivity contribution < 1.29 is 19.1 Å². The Kier molecular flexibility index (Phi) is 5.60. The van der Waals surface area contributed by atoms with Gasteiger partial charge in [0, 0.05) is 30.4 Å². The molecule has 2 aromatic rings. The van der Waals surface area contributed by atoms with E-state index in [1.54, 1.807) is 26.0 Å². The van der Waals surface area contributed by atoms with Crippen molar-refractivity contribution in [1.29, 1.82) is 0 Å².